The summed E-state index contributed by atoms with van der Waals surface area (Å²) < 4.78 is 11.3. The molecule has 0 saturated heterocycles. The van der Waals surface area contributed by atoms with Gasteiger partial charge in [0.15, 0.2) is 17.2 Å². The van der Waals surface area contributed by atoms with Crippen molar-refractivity contribution in [2.24, 2.45) is 0 Å². The van der Waals surface area contributed by atoms with Crippen LogP contribution in [0.1, 0.15) is 0 Å². The van der Waals surface area contributed by atoms with Gasteiger partial charge in [0.2, 0.25) is 5.95 Å². The Morgan fingerprint density at radius 2 is 0.909 bits per heavy atom. The van der Waals surface area contributed by atoms with Crippen molar-refractivity contribution in [3.63, 3.8) is 0 Å². The summed E-state index contributed by atoms with van der Waals surface area (Å²) >= 11 is 0. The van der Waals surface area contributed by atoms with Crippen LogP contribution < -0.4 is 0 Å². The van der Waals surface area contributed by atoms with E-state index in [1.807, 2.05) is 60.7 Å². The quantitative estimate of drug-likeness (QED) is 0.171. The van der Waals surface area contributed by atoms with E-state index in [0.29, 0.717) is 23.6 Å². The molecule has 256 valence electrons. The first-order valence-electron chi connectivity index (χ1n) is 18.3. The third-order valence-electron chi connectivity index (χ3n) is 10.8. The fraction of sp³-hybridized carbons (Fsp3) is 0. The van der Waals surface area contributed by atoms with Crippen molar-refractivity contribution in [2.45, 2.75) is 0 Å². The standard InChI is InChI=1S/C48H28N6O/c1-3-14-31(15-4-1)45-50-46(32-16-5-2-6-17-32)52-47(51-45)53-39-21-11-9-19-34(39)36-26-27-37-35-20-10-12-22-40(35)54(43(37)42(36)53)48-49-38-28-25-30-24-23-29-13-7-8-18-33(29)41(30)44(38)55-48/h1-28H. The average molecular weight is 705 g/mol. The molecule has 0 radical (unpaired) electrons. The Kier molecular flexibility index (Phi) is 6.21. The van der Waals surface area contributed by atoms with Gasteiger partial charge in [0, 0.05) is 38.1 Å². The Morgan fingerprint density at radius 3 is 1.58 bits per heavy atom. The van der Waals surface area contributed by atoms with Crippen LogP contribution in [0.15, 0.2) is 174 Å². The molecule has 0 N–H and O–H groups in total. The van der Waals surface area contributed by atoms with Gasteiger partial charge in [0.05, 0.1) is 22.1 Å². The molecule has 0 saturated carbocycles. The summed E-state index contributed by atoms with van der Waals surface area (Å²) in [6.07, 6.45) is 0. The third kappa shape index (κ3) is 4.38. The lowest BCUT2D eigenvalue weighted by molar-refractivity contribution is 0.577. The average Bonchev–Trinajstić information content (AvgIpc) is 3.94. The van der Waals surface area contributed by atoms with Gasteiger partial charge in [-0.25, -0.2) is 4.98 Å². The Morgan fingerprint density at radius 1 is 0.382 bits per heavy atom. The highest BCUT2D eigenvalue weighted by molar-refractivity contribution is 6.24. The summed E-state index contributed by atoms with van der Waals surface area (Å²) in [5, 5.41) is 8.79. The first-order valence-corrected chi connectivity index (χ1v) is 18.3. The van der Waals surface area contributed by atoms with Crippen molar-refractivity contribution in [3.8, 4) is 34.7 Å². The van der Waals surface area contributed by atoms with Crippen molar-refractivity contribution in [1.29, 1.82) is 0 Å². The lowest BCUT2D eigenvalue weighted by Crippen LogP contribution is -2.07. The zero-order valence-electron chi connectivity index (χ0n) is 29.3. The largest absolute Gasteiger partial charge is 0.422 e. The normalized spacial score (nSPS) is 12.0. The van der Waals surface area contributed by atoms with Gasteiger partial charge < -0.3 is 4.42 Å². The van der Waals surface area contributed by atoms with Gasteiger partial charge in [-0.05, 0) is 34.4 Å². The van der Waals surface area contributed by atoms with Crippen LogP contribution in [0.3, 0.4) is 0 Å². The van der Waals surface area contributed by atoms with Crippen molar-refractivity contribution in [2.75, 3.05) is 0 Å². The molecular formula is C48H28N6O. The lowest BCUT2D eigenvalue weighted by atomic mass is 10.0. The molecule has 0 bridgehead atoms. The molecule has 12 rings (SSSR count). The molecule has 0 aliphatic carbocycles. The van der Waals surface area contributed by atoms with Gasteiger partial charge in [-0.3, -0.25) is 9.13 Å². The Labute approximate surface area is 313 Å². The summed E-state index contributed by atoms with van der Waals surface area (Å²) in [6.45, 7) is 0. The van der Waals surface area contributed by atoms with Crippen LogP contribution in [-0.2, 0) is 0 Å². The van der Waals surface area contributed by atoms with E-state index < -0.39 is 0 Å². The second-order valence-electron chi connectivity index (χ2n) is 13.9. The minimum atomic E-state index is 0.497. The minimum absolute atomic E-state index is 0.497. The number of hydrogen-bond donors (Lipinski definition) is 0. The number of para-hydroxylation sites is 2. The highest BCUT2D eigenvalue weighted by Gasteiger charge is 2.25. The van der Waals surface area contributed by atoms with Crippen molar-refractivity contribution in [1.82, 2.24) is 29.1 Å². The topological polar surface area (TPSA) is 74.6 Å². The first-order chi connectivity index (χ1) is 27.3. The van der Waals surface area contributed by atoms with E-state index in [0.717, 1.165) is 87.4 Å². The summed E-state index contributed by atoms with van der Waals surface area (Å²) in [5.74, 6) is 1.72. The SMILES string of the molecule is c1ccc(-c2nc(-c3ccccc3)nc(-n3c4ccccc4c4ccc5c6ccccc6n(-c6nc7ccc8ccc9ccccc9c8c7o6)c5c43)n2)cc1. The molecule has 7 heteroatoms. The number of oxazole rings is 1. The summed E-state index contributed by atoms with van der Waals surface area (Å²) in [7, 11) is 0. The van der Waals surface area contributed by atoms with Crippen LogP contribution in [-0.4, -0.2) is 29.1 Å². The number of benzene rings is 8. The summed E-state index contributed by atoms with van der Waals surface area (Å²) in [4.78, 5) is 20.7. The third-order valence-corrected chi connectivity index (χ3v) is 10.8. The van der Waals surface area contributed by atoms with E-state index in [1.165, 1.54) is 0 Å². The van der Waals surface area contributed by atoms with Gasteiger partial charge in [-0.1, -0.05) is 152 Å². The molecule has 0 unspecified atom stereocenters. The van der Waals surface area contributed by atoms with E-state index in [9.17, 15) is 0 Å². The maximum absolute atomic E-state index is 6.97. The van der Waals surface area contributed by atoms with E-state index in [4.69, 9.17) is 24.4 Å². The second kappa shape index (κ2) is 11.4. The van der Waals surface area contributed by atoms with Crippen LogP contribution in [0, 0.1) is 0 Å². The number of aromatic nitrogens is 6. The zero-order valence-corrected chi connectivity index (χ0v) is 29.3. The maximum atomic E-state index is 6.97. The van der Waals surface area contributed by atoms with Crippen molar-refractivity contribution in [3.05, 3.63) is 170 Å². The highest BCUT2D eigenvalue weighted by atomic mass is 16.4. The molecular weight excluding hydrogens is 677 g/mol. The van der Waals surface area contributed by atoms with Crippen LogP contribution in [0.4, 0.5) is 0 Å². The summed E-state index contributed by atoms with van der Waals surface area (Å²) in [6, 6.07) is 59.0. The van der Waals surface area contributed by atoms with E-state index in [-0.39, 0.29) is 0 Å². The fourth-order valence-corrected chi connectivity index (χ4v) is 8.36. The molecule has 0 fully saturated rings. The number of nitrogens with zero attached hydrogens (tertiary/aromatic N) is 6. The van der Waals surface area contributed by atoms with E-state index >= 15 is 0 Å². The van der Waals surface area contributed by atoms with Crippen LogP contribution in [0.25, 0.3) is 111 Å². The molecule has 0 amide bonds. The molecule has 4 heterocycles. The molecule has 0 spiro atoms. The monoisotopic (exact) mass is 704 g/mol. The predicted molar refractivity (Wildman–Crippen MR) is 222 cm³/mol. The molecule has 12 aromatic rings. The molecule has 55 heavy (non-hydrogen) atoms. The van der Waals surface area contributed by atoms with Crippen molar-refractivity contribution < 1.29 is 4.42 Å². The smallest absolute Gasteiger partial charge is 0.307 e. The molecule has 0 aliphatic rings. The van der Waals surface area contributed by atoms with E-state index in [2.05, 4.69) is 118 Å². The molecule has 8 aromatic carbocycles. The van der Waals surface area contributed by atoms with Gasteiger partial charge in [0.1, 0.15) is 5.52 Å². The fourth-order valence-electron chi connectivity index (χ4n) is 8.36. The second-order valence-corrected chi connectivity index (χ2v) is 13.9. The van der Waals surface area contributed by atoms with Gasteiger partial charge in [0.25, 0.3) is 0 Å². The maximum Gasteiger partial charge on any atom is 0.307 e. The predicted octanol–water partition coefficient (Wildman–Crippen LogP) is 11.8. The van der Waals surface area contributed by atoms with Gasteiger partial charge >= 0.3 is 6.01 Å². The zero-order chi connectivity index (χ0) is 36.0. The van der Waals surface area contributed by atoms with E-state index in [1.54, 1.807) is 0 Å². The van der Waals surface area contributed by atoms with Gasteiger partial charge in [-0.15, -0.1) is 0 Å². The Hall–Kier alpha value is -7.64. The van der Waals surface area contributed by atoms with Crippen LogP contribution in [0.2, 0.25) is 0 Å². The first kappa shape index (κ1) is 29.9. The number of hydrogen-bond acceptors (Lipinski definition) is 5. The van der Waals surface area contributed by atoms with Gasteiger partial charge in [-0.2, -0.15) is 15.0 Å². The molecule has 0 aliphatic heterocycles. The number of rotatable bonds is 4. The highest BCUT2D eigenvalue weighted by Crippen LogP contribution is 2.42. The van der Waals surface area contributed by atoms with Crippen molar-refractivity contribution >= 4 is 76.3 Å². The van der Waals surface area contributed by atoms with Crippen LogP contribution in [0.5, 0.6) is 0 Å². The molecule has 7 nitrogen and oxygen atoms in total. The number of fused-ring (bicyclic) bond motifs is 12. The summed E-state index contributed by atoms with van der Waals surface area (Å²) in [5.41, 5.74) is 7.28. The Bertz CT molecular complexity index is 3430. The minimum Gasteiger partial charge on any atom is -0.422 e. The molecule has 0 atom stereocenters. The lowest BCUT2D eigenvalue weighted by Gasteiger charge is -2.12. The van der Waals surface area contributed by atoms with Crippen LogP contribution >= 0.6 is 0 Å². The molecule has 4 aromatic heterocycles. The Balaban J connectivity index is 1.23.